The summed E-state index contributed by atoms with van der Waals surface area (Å²) in [4.78, 5) is 22.8. The summed E-state index contributed by atoms with van der Waals surface area (Å²) in [5.74, 6) is -1.76. The first kappa shape index (κ1) is 45.4. The zero-order valence-corrected chi connectivity index (χ0v) is 34.8. The van der Waals surface area contributed by atoms with Crippen LogP contribution in [0.25, 0.3) is 5.57 Å². The summed E-state index contributed by atoms with van der Waals surface area (Å²) in [5.41, 5.74) is -14.3. The number of halogens is 6. The van der Waals surface area contributed by atoms with E-state index in [0.717, 1.165) is 18.2 Å². The number of hydrogen-bond donors (Lipinski definition) is 1. The molecular formula is C35H43F6N5O9S2Si. The average Bonchev–Trinajstić information content (AvgIpc) is 3.65. The molecule has 2 unspecified atom stereocenters. The van der Waals surface area contributed by atoms with Gasteiger partial charge in [0.25, 0.3) is 5.91 Å². The molecule has 2 bridgehead atoms. The highest BCUT2D eigenvalue weighted by Crippen LogP contribution is 2.51. The van der Waals surface area contributed by atoms with Gasteiger partial charge in [0.1, 0.15) is 24.0 Å². The number of alkyl halides is 6. The molecular weight excluding hydrogens is 841 g/mol. The van der Waals surface area contributed by atoms with E-state index in [1.165, 1.54) is 22.9 Å². The summed E-state index contributed by atoms with van der Waals surface area (Å²) >= 11 is 0. The van der Waals surface area contributed by atoms with E-state index >= 15 is 0 Å². The van der Waals surface area contributed by atoms with Gasteiger partial charge in [0.15, 0.2) is 5.69 Å². The SMILES string of the molecule is CC1(C)CC=C(c2nc(C3CC4(COS(=O)(=O)C(F)(F)F)C=CC(COS(=O)(=O)C(F)(F)F)(C3)O4)ccc2NC(=O)c2nc(C#N)cn2COCC[Si](C)(C)C)CC1. The number of amides is 1. The maximum atomic E-state index is 13.8. The van der Waals surface area contributed by atoms with E-state index in [1.54, 1.807) is 0 Å². The molecule has 0 spiro atoms. The molecule has 0 saturated carbocycles. The number of hydrogen-bond acceptors (Lipinski definition) is 12. The predicted molar refractivity (Wildman–Crippen MR) is 198 cm³/mol. The number of pyridine rings is 1. The smallest absolute Gasteiger partial charge is 0.361 e. The van der Waals surface area contributed by atoms with Crippen molar-refractivity contribution in [1.29, 1.82) is 5.26 Å². The summed E-state index contributed by atoms with van der Waals surface area (Å²) in [5, 5.41) is 12.3. The molecule has 1 aliphatic carbocycles. The Balaban J connectivity index is 1.50. The van der Waals surface area contributed by atoms with Crippen LogP contribution in [0, 0.1) is 16.7 Å². The van der Waals surface area contributed by atoms with E-state index < -0.39 is 75.6 Å². The Kier molecular flexibility index (Phi) is 12.6. The van der Waals surface area contributed by atoms with Gasteiger partial charge in [-0.25, -0.2) is 4.98 Å². The minimum Gasteiger partial charge on any atom is -0.361 e. The molecule has 1 saturated heterocycles. The van der Waals surface area contributed by atoms with Crippen LogP contribution in [0.15, 0.2) is 36.6 Å². The Bertz CT molecular complexity index is 2170. The Morgan fingerprint density at radius 3 is 2.09 bits per heavy atom. The van der Waals surface area contributed by atoms with Gasteiger partial charge in [0.2, 0.25) is 5.82 Å². The molecule has 0 radical (unpaired) electrons. The molecule has 1 amide bonds. The fraction of sp³-hybridized carbons (Fsp3) is 0.600. The third-order valence-electron chi connectivity index (χ3n) is 9.95. The van der Waals surface area contributed by atoms with Crippen molar-refractivity contribution in [3.05, 3.63) is 59.5 Å². The molecule has 3 aliphatic rings. The number of anilines is 1. The first-order chi connectivity index (χ1) is 26.6. The second-order valence-corrected chi connectivity index (χ2v) is 25.4. The Morgan fingerprint density at radius 2 is 1.59 bits per heavy atom. The standard InChI is InChI=1S/C35H43F6N5O9S2Si/c1-31(2)10-8-23(9-11-31)28-27(45-30(47)29-43-25(18-42)19-46(29)22-52-14-15-58(3,4)5)7-6-26(44-28)24-16-32(20-53-56(48,49)34(36,37)38)12-13-33(17-24,55-32)21-54-57(50,51)35(39,40)41/h6-8,12-13,19,24H,9-11,14-17,20-22H2,1-5H3,(H,45,47). The second kappa shape index (κ2) is 16.1. The first-order valence-corrected chi connectivity index (χ1v) is 24.5. The van der Waals surface area contributed by atoms with Crippen LogP contribution >= 0.6 is 0 Å². The van der Waals surface area contributed by atoms with Crippen molar-refractivity contribution < 1.29 is 65.8 Å². The molecule has 14 nitrogen and oxygen atoms in total. The molecule has 2 aromatic heterocycles. The highest BCUT2D eigenvalue weighted by atomic mass is 32.2. The number of nitrogens with one attached hydrogen (secondary N) is 1. The molecule has 320 valence electrons. The van der Waals surface area contributed by atoms with Crippen molar-refractivity contribution in [3.8, 4) is 6.07 Å². The Morgan fingerprint density at radius 1 is 1.00 bits per heavy atom. The lowest BCUT2D eigenvalue weighted by atomic mass is 9.77. The summed E-state index contributed by atoms with van der Waals surface area (Å²) in [6.07, 6.45) is 6.76. The average molecular weight is 884 g/mol. The van der Waals surface area contributed by atoms with E-state index in [1.807, 2.05) is 12.1 Å². The Hall–Kier alpha value is -3.66. The van der Waals surface area contributed by atoms with Gasteiger partial charge < -0.3 is 19.4 Å². The van der Waals surface area contributed by atoms with Gasteiger partial charge in [0, 0.05) is 32.5 Å². The minimum absolute atomic E-state index is 0.0329. The maximum absolute atomic E-state index is 13.8. The van der Waals surface area contributed by atoms with Gasteiger partial charge in [-0.2, -0.15) is 48.4 Å². The number of nitrogens with zero attached hydrogens (tertiary/aromatic N) is 4. The topological polar surface area (TPSA) is 189 Å². The number of allylic oxidation sites excluding steroid dienone is 2. The van der Waals surface area contributed by atoms with Crippen molar-refractivity contribution in [2.24, 2.45) is 5.41 Å². The van der Waals surface area contributed by atoms with Gasteiger partial charge in [-0.3, -0.25) is 18.1 Å². The summed E-state index contributed by atoms with van der Waals surface area (Å²) in [7, 11) is -13.7. The van der Waals surface area contributed by atoms with Gasteiger partial charge in [-0.1, -0.05) is 51.7 Å². The summed E-state index contributed by atoms with van der Waals surface area (Å²) < 4.78 is 148. The van der Waals surface area contributed by atoms with E-state index in [2.05, 4.69) is 52.2 Å². The number of carbonyl (C=O) groups excluding carboxylic acids is 1. The van der Waals surface area contributed by atoms with E-state index in [4.69, 9.17) is 14.5 Å². The molecule has 5 rings (SSSR count). The van der Waals surface area contributed by atoms with Crippen molar-refractivity contribution in [2.45, 2.75) is 107 Å². The molecule has 1 N–H and O–H groups in total. The monoisotopic (exact) mass is 883 g/mol. The quantitative estimate of drug-likeness (QED) is 0.0483. The van der Waals surface area contributed by atoms with Crippen LogP contribution in [0.1, 0.15) is 79.6 Å². The molecule has 4 heterocycles. The van der Waals surface area contributed by atoms with Gasteiger partial charge in [-0.05, 0) is 61.3 Å². The number of nitriles is 1. The highest BCUT2D eigenvalue weighted by Gasteiger charge is 2.57. The number of rotatable bonds is 15. The van der Waals surface area contributed by atoms with Crippen LogP contribution < -0.4 is 5.32 Å². The van der Waals surface area contributed by atoms with Crippen LogP contribution in [-0.4, -0.2) is 87.4 Å². The first-order valence-electron chi connectivity index (χ1n) is 18.0. The molecule has 2 atom stereocenters. The van der Waals surface area contributed by atoms with E-state index in [-0.39, 0.29) is 53.6 Å². The fourth-order valence-corrected chi connectivity index (χ4v) is 8.41. The van der Waals surface area contributed by atoms with E-state index in [0.29, 0.717) is 31.4 Å². The third kappa shape index (κ3) is 10.6. The lowest BCUT2D eigenvalue weighted by molar-refractivity contribution is -0.160. The zero-order valence-electron chi connectivity index (χ0n) is 32.2. The van der Waals surface area contributed by atoms with E-state index in [9.17, 15) is 53.2 Å². The van der Waals surface area contributed by atoms with Crippen LogP contribution in [0.4, 0.5) is 32.0 Å². The van der Waals surface area contributed by atoms with Crippen LogP contribution in [0.2, 0.25) is 25.7 Å². The molecule has 2 aromatic rings. The summed E-state index contributed by atoms with van der Waals surface area (Å²) in [6.45, 7) is 8.50. The summed E-state index contributed by atoms with van der Waals surface area (Å²) in [6, 6.07) is 5.72. The molecule has 0 aromatic carbocycles. The molecule has 2 aliphatic heterocycles. The lowest BCUT2D eigenvalue weighted by Gasteiger charge is -2.43. The van der Waals surface area contributed by atoms with Crippen molar-refractivity contribution in [2.75, 3.05) is 25.1 Å². The van der Waals surface area contributed by atoms with Gasteiger partial charge in [0.05, 0.1) is 24.6 Å². The number of aromatic nitrogens is 3. The molecule has 58 heavy (non-hydrogen) atoms. The van der Waals surface area contributed by atoms with Gasteiger partial charge >= 0.3 is 31.3 Å². The number of imidazole rings is 1. The van der Waals surface area contributed by atoms with Crippen LogP contribution in [0.5, 0.6) is 0 Å². The number of fused-ring (bicyclic) bond motifs is 2. The maximum Gasteiger partial charge on any atom is 0.523 e. The van der Waals surface area contributed by atoms with Crippen LogP contribution in [-0.2, 0) is 44.8 Å². The number of ether oxygens (including phenoxy) is 2. The largest absolute Gasteiger partial charge is 0.523 e. The van der Waals surface area contributed by atoms with Crippen molar-refractivity contribution in [1.82, 2.24) is 14.5 Å². The Labute approximate surface area is 332 Å². The van der Waals surface area contributed by atoms with Crippen molar-refractivity contribution >= 4 is 45.5 Å². The minimum atomic E-state index is -6.15. The highest BCUT2D eigenvalue weighted by molar-refractivity contribution is 7.87. The fourth-order valence-electron chi connectivity index (χ4n) is 6.68. The van der Waals surface area contributed by atoms with Gasteiger partial charge in [-0.15, -0.1) is 0 Å². The number of carbonyl (C=O) groups is 1. The normalized spacial score (nSPS) is 23.7. The third-order valence-corrected chi connectivity index (χ3v) is 13.6. The van der Waals surface area contributed by atoms with Crippen LogP contribution in [0.3, 0.4) is 0 Å². The molecule has 1 fully saturated rings. The lowest BCUT2D eigenvalue weighted by Crippen LogP contribution is -2.50. The second-order valence-electron chi connectivity index (χ2n) is 16.6. The predicted octanol–water partition coefficient (Wildman–Crippen LogP) is 6.98. The van der Waals surface area contributed by atoms with Crippen molar-refractivity contribution in [3.63, 3.8) is 0 Å². The zero-order chi connectivity index (χ0) is 43.2. The molecule has 23 heteroatoms.